The van der Waals surface area contributed by atoms with E-state index in [9.17, 15) is 4.79 Å². The number of rotatable bonds is 5. The lowest BCUT2D eigenvalue weighted by Crippen LogP contribution is -2.35. The second-order valence-electron chi connectivity index (χ2n) is 4.31. The highest BCUT2D eigenvalue weighted by Crippen LogP contribution is 2.19. The number of H-pyrrole nitrogens is 1. The van der Waals surface area contributed by atoms with Crippen molar-refractivity contribution in [2.45, 2.75) is 13.0 Å². The minimum atomic E-state index is -0.128. The molecule has 5 heteroatoms. The second kappa shape index (κ2) is 6.15. The molecule has 0 aliphatic carbocycles. The first-order valence-electron chi connectivity index (χ1n) is 6.11. The standard InChI is InChI=1S/C14H17N3O2/c1-10(9-19-2)17-14(18)12-6-4-3-5-11(12)13-15-7-8-16-13/h3-8,10H,9H2,1-2H3,(H,15,16)(H,17,18)/t10-/m0/s1. The van der Waals surface area contributed by atoms with Crippen molar-refractivity contribution in [3.63, 3.8) is 0 Å². The molecule has 0 unspecified atom stereocenters. The average Bonchev–Trinajstić information content (AvgIpc) is 2.92. The number of hydrogen-bond donors (Lipinski definition) is 2. The molecule has 0 bridgehead atoms. The zero-order valence-corrected chi connectivity index (χ0v) is 11.0. The Hall–Kier alpha value is -2.14. The summed E-state index contributed by atoms with van der Waals surface area (Å²) >= 11 is 0. The molecule has 0 spiro atoms. The maximum Gasteiger partial charge on any atom is 0.252 e. The molecule has 5 nitrogen and oxygen atoms in total. The largest absolute Gasteiger partial charge is 0.383 e. The molecule has 0 saturated carbocycles. The van der Waals surface area contributed by atoms with E-state index in [1.807, 2.05) is 25.1 Å². The highest BCUT2D eigenvalue weighted by molar-refractivity contribution is 6.00. The fraction of sp³-hybridized carbons (Fsp3) is 0.286. The Labute approximate surface area is 112 Å². The number of ether oxygens (including phenoxy) is 1. The summed E-state index contributed by atoms with van der Waals surface area (Å²) in [5.74, 6) is 0.557. The summed E-state index contributed by atoms with van der Waals surface area (Å²) in [6, 6.07) is 7.33. The van der Waals surface area contributed by atoms with Gasteiger partial charge in [0.1, 0.15) is 5.82 Å². The van der Waals surface area contributed by atoms with Crippen molar-refractivity contribution in [2.75, 3.05) is 13.7 Å². The normalized spacial score (nSPS) is 12.1. The molecule has 19 heavy (non-hydrogen) atoms. The number of benzene rings is 1. The van der Waals surface area contributed by atoms with Gasteiger partial charge >= 0.3 is 0 Å². The van der Waals surface area contributed by atoms with Crippen LogP contribution in [0.2, 0.25) is 0 Å². The highest BCUT2D eigenvalue weighted by atomic mass is 16.5. The molecule has 2 rings (SSSR count). The molecule has 0 saturated heterocycles. The van der Waals surface area contributed by atoms with E-state index in [0.29, 0.717) is 18.0 Å². The lowest BCUT2D eigenvalue weighted by Gasteiger charge is -2.14. The van der Waals surface area contributed by atoms with Gasteiger partial charge in [0, 0.05) is 31.1 Å². The van der Waals surface area contributed by atoms with Gasteiger partial charge in [-0.25, -0.2) is 4.98 Å². The molecule has 0 aliphatic rings. The Morgan fingerprint density at radius 2 is 2.26 bits per heavy atom. The Bertz CT molecular complexity index is 537. The van der Waals surface area contributed by atoms with Gasteiger partial charge in [0.15, 0.2) is 0 Å². The van der Waals surface area contributed by atoms with Crippen LogP contribution in [0.15, 0.2) is 36.7 Å². The maximum absolute atomic E-state index is 12.2. The molecule has 1 atom stereocenters. The van der Waals surface area contributed by atoms with Gasteiger partial charge in [0.25, 0.3) is 5.91 Å². The monoisotopic (exact) mass is 259 g/mol. The van der Waals surface area contributed by atoms with E-state index in [4.69, 9.17) is 4.74 Å². The van der Waals surface area contributed by atoms with Crippen LogP contribution in [-0.2, 0) is 4.74 Å². The summed E-state index contributed by atoms with van der Waals surface area (Å²) in [6.45, 7) is 2.38. The van der Waals surface area contributed by atoms with Crippen LogP contribution >= 0.6 is 0 Å². The Morgan fingerprint density at radius 1 is 1.47 bits per heavy atom. The summed E-state index contributed by atoms with van der Waals surface area (Å²) in [7, 11) is 1.61. The van der Waals surface area contributed by atoms with Crippen molar-refractivity contribution in [1.82, 2.24) is 15.3 Å². The first kappa shape index (κ1) is 13.3. The number of aromatic nitrogens is 2. The lowest BCUT2D eigenvalue weighted by atomic mass is 10.1. The van der Waals surface area contributed by atoms with Crippen LogP contribution in [0.3, 0.4) is 0 Å². The molecule has 2 aromatic rings. The molecule has 100 valence electrons. The Morgan fingerprint density at radius 3 is 2.95 bits per heavy atom. The van der Waals surface area contributed by atoms with E-state index >= 15 is 0 Å². The first-order valence-corrected chi connectivity index (χ1v) is 6.11. The van der Waals surface area contributed by atoms with Crippen molar-refractivity contribution >= 4 is 5.91 Å². The van der Waals surface area contributed by atoms with Gasteiger partial charge in [-0.05, 0) is 13.0 Å². The maximum atomic E-state index is 12.2. The van der Waals surface area contributed by atoms with Crippen LogP contribution in [0.1, 0.15) is 17.3 Å². The van der Waals surface area contributed by atoms with E-state index < -0.39 is 0 Å². The van der Waals surface area contributed by atoms with Crippen molar-refractivity contribution < 1.29 is 9.53 Å². The number of nitrogens with zero attached hydrogens (tertiary/aromatic N) is 1. The molecular formula is C14H17N3O2. The number of nitrogens with one attached hydrogen (secondary N) is 2. The number of aromatic amines is 1. The third-order valence-electron chi connectivity index (χ3n) is 2.72. The molecule has 0 fully saturated rings. The van der Waals surface area contributed by atoms with Crippen LogP contribution in [0.5, 0.6) is 0 Å². The third kappa shape index (κ3) is 3.20. The SMILES string of the molecule is COC[C@H](C)NC(=O)c1ccccc1-c1ncc[nH]1. The number of methoxy groups -OCH3 is 1. The number of amides is 1. The van der Waals surface area contributed by atoms with E-state index in [1.165, 1.54) is 0 Å². The van der Waals surface area contributed by atoms with Crippen molar-refractivity contribution in [3.05, 3.63) is 42.2 Å². The van der Waals surface area contributed by atoms with Crippen LogP contribution in [0.4, 0.5) is 0 Å². The van der Waals surface area contributed by atoms with Crippen molar-refractivity contribution in [2.24, 2.45) is 0 Å². The van der Waals surface area contributed by atoms with Gasteiger partial charge < -0.3 is 15.0 Å². The van der Waals surface area contributed by atoms with Gasteiger partial charge in [0.05, 0.1) is 12.2 Å². The van der Waals surface area contributed by atoms with E-state index in [0.717, 1.165) is 5.56 Å². The molecule has 1 heterocycles. The minimum absolute atomic E-state index is 0.0397. The zero-order valence-electron chi connectivity index (χ0n) is 11.0. The summed E-state index contributed by atoms with van der Waals surface area (Å²) in [4.78, 5) is 19.4. The predicted octanol–water partition coefficient (Wildman–Crippen LogP) is 1.84. The minimum Gasteiger partial charge on any atom is -0.383 e. The fourth-order valence-corrected chi connectivity index (χ4v) is 1.89. The van der Waals surface area contributed by atoms with Crippen LogP contribution < -0.4 is 5.32 Å². The average molecular weight is 259 g/mol. The number of hydrogen-bond acceptors (Lipinski definition) is 3. The van der Waals surface area contributed by atoms with E-state index in [2.05, 4.69) is 15.3 Å². The molecule has 2 N–H and O–H groups in total. The topological polar surface area (TPSA) is 67.0 Å². The molecule has 1 aromatic carbocycles. The number of imidazole rings is 1. The lowest BCUT2D eigenvalue weighted by molar-refractivity contribution is 0.0906. The van der Waals surface area contributed by atoms with Gasteiger partial charge in [-0.2, -0.15) is 0 Å². The summed E-state index contributed by atoms with van der Waals surface area (Å²) in [5, 5.41) is 2.89. The smallest absolute Gasteiger partial charge is 0.252 e. The summed E-state index contributed by atoms with van der Waals surface area (Å²) < 4.78 is 5.01. The fourth-order valence-electron chi connectivity index (χ4n) is 1.89. The van der Waals surface area contributed by atoms with Crippen LogP contribution in [-0.4, -0.2) is 35.6 Å². The third-order valence-corrected chi connectivity index (χ3v) is 2.72. The van der Waals surface area contributed by atoms with Gasteiger partial charge in [-0.15, -0.1) is 0 Å². The van der Waals surface area contributed by atoms with Gasteiger partial charge in [0.2, 0.25) is 0 Å². The predicted molar refractivity (Wildman–Crippen MR) is 72.8 cm³/mol. The van der Waals surface area contributed by atoms with Crippen LogP contribution in [0.25, 0.3) is 11.4 Å². The van der Waals surface area contributed by atoms with E-state index in [-0.39, 0.29) is 11.9 Å². The molecule has 0 aliphatic heterocycles. The highest BCUT2D eigenvalue weighted by Gasteiger charge is 2.15. The molecular weight excluding hydrogens is 242 g/mol. The molecule has 1 aromatic heterocycles. The van der Waals surface area contributed by atoms with Crippen LogP contribution in [0, 0.1) is 0 Å². The van der Waals surface area contributed by atoms with Gasteiger partial charge in [-0.3, -0.25) is 4.79 Å². The second-order valence-corrected chi connectivity index (χ2v) is 4.31. The number of carbonyl (C=O) groups is 1. The Kier molecular flexibility index (Phi) is 4.30. The first-order chi connectivity index (χ1) is 9.22. The van der Waals surface area contributed by atoms with Crippen molar-refractivity contribution in [3.8, 4) is 11.4 Å². The Balaban J connectivity index is 2.23. The summed E-state index contributed by atoms with van der Waals surface area (Å²) in [5.41, 5.74) is 1.38. The summed E-state index contributed by atoms with van der Waals surface area (Å²) in [6.07, 6.45) is 3.40. The zero-order chi connectivity index (χ0) is 13.7. The van der Waals surface area contributed by atoms with Crippen molar-refractivity contribution in [1.29, 1.82) is 0 Å². The molecule has 1 amide bonds. The van der Waals surface area contributed by atoms with E-state index in [1.54, 1.807) is 25.6 Å². The van der Waals surface area contributed by atoms with Gasteiger partial charge in [-0.1, -0.05) is 18.2 Å². The molecule has 0 radical (unpaired) electrons. The quantitative estimate of drug-likeness (QED) is 0.861. The number of carbonyl (C=O) groups excluding carboxylic acids is 1.